The molecule has 7 heteroatoms. The van der Waals surface area contributed by atoms with Gasteiger partial charge in [0.2, 0.25) is 0 Å². The molecule has 4 rings (SSSR count). The number of carbonyl (C=O) groups excluding carboxylic acids is 1. The molecule has 2 aromatic rings. The molecule has 0 aliphatic carbocycles. The molecule has 2 aliphatic rings. The van der Waals surface area contributed by atoms with E-state index in [0.717, 1.165) is 44.7 Å². The Labute approximate surface area is 176 Å². The Morgan fingerprint density at radius 1 is 1.13 bits per heavy atom. The highest BCUT2D eigenvalue weighted by Gasteiger charge is 2.29. The maximum Gasteiger partial charge on any atom is 0.343 e. The second-order valence-corrected chi connectivity index (χ2v) is 7.72. The first kappa shape index (κ1) is 20.6. The lowest BCUT2D eigenvalue weighted by Crippen LogP contribution is -2.41. The number of methoxy groups -OCH3 is 1. The second-order valence-electron chi connectivity index (χ2n) is 7.72. The van der Waals surface area contributed by atoms with Crippen molar-refractivity contribution in [2.45, 2.75) is 38.5 Å². The van der Waals surface area contributed by atoms with E-state index in [1.54, 1.807) is 4.57 Å². The summed E-state index contributed by atoms with van der Waals surface area (Å²) in [4.78, 5) is 28.0. The molecule has 2 aliphatic heterocycles. The first-order chi connectivity index (χ1) is 14.7. The van der Waals surface area contributed by atoms with E-state index in [9.17, 15) is 9.59 Å². The Bertz CT molecular complexity index is 935. The number of hydrogen-bond acceptors (Lipinski definition) is 6. The van der Waals surface area contributed by atoms with Gasteiger partial charge in [-0.15, -0.1) is 0 Å². The van der Waals surface area contributed by atoms with Gasteiger partial charge >= 0.3 is 5.97 Å². The fourth-order valence-electron chi connectivity index (χ4n) is 4.35. The number of aromatic nitrogens is 1. The lowest BCUT2D eigenvalue weighted by molar-refractivity contribution is 0.0347. The molecule has 1 fully saturated rings. The fraction of sp³-hybridized carbons (Fsp3) is 0.478. The quantitative estimate of drug-likeness (QED) is 0.702. The number of benzene rings is 1. The van der Waals surface area contributed by atoms with Crippen LogP contribution >= 0.6 is 0 Å². The van der Waals surface area contributed by atoms with E-state index in [1.807, 2.05) is 30.3 Å². The van der Waals surface area contributed by atoms with Gasteiger partial charge in [-0.05, 0) is 18.4 Å². The van der Waals surface area contributed by atoms with E-state index in [4.69, 9.17) is 14.2 Å². The van der Waals surface area contributed by atoms with Crippen molar-refractivity contribution in [1.82, 2.24) is 9.47 Å². The van der Waals surface area contributed by atoms with Crippen LogP contribution in [-0.4, -0.2) is 54.9 Å². The Hall–Kier alpha value is -2.64. The van der Waals surface area contributed by atoms with Crippen molar-refractivity contribution in [2.24, 2.45) is 0 Å². The zero-order valence-electron chi connectivity index (χ0n) is 17.3. The van der Waals surface area contributed by atoms with Gasteiger partial charge in [0.05, 0.1) is 7.11 Å². The predicted octanol–water partition coefficient (Wildman–Crippen LogP) is 2.25. The van der Waals surface area contributed by atoms with E-state index >= 15 is 0 Å². The van der Waals surface area contributed by atoms with Crippen LogP contribution in [0.1, 0.15) is 34.5 Å². The molecule has 0 bridgehead atoms. The van der Waals surface area contributed by atoms with E-state index in [-0.39, 0.29) is 12.2 Å². The lowest BCUT2D eigenvalue weighted by Gasteiger charge is -2.33. The summed E-state index contributed by atoms with van der Waals surface area (Å²) in [5, 5.41) is 0. The highest BCUT2D eigenvalue weighted by molar-refractivity contribution is 5.93. The predicted molar refractivity (Wildman–Crippen MR) is 112 cm³/mol. The number of hydrogen-bond donors (Lipinski definition) is 0. The van der Waals surface area contributed by atoms with Gasteiger partial charge in [0.15, 0.2) is 0 Å². The molecule has 0 radical (unpaired) electrons. The molecule has 7 nitrogen and oxygen atoms in total. The Balaban J connectivity index is 1.63. The monoisotopic (exact) mass is 412 g/mol. The van der Waals surface area contributed by atoms with Crippen LogP contribution in [0.5, 0.6) is 5.75 Å². The molecule has 0 amide bonds. The molecule has 1 saturated heterocycles. The van der Waals surface area contributed by atoms with Crippen LogP contribution in [0.3, 0.4) is 0 Å². The standard InChI is InChI=1S/C23H28N2O5/c1-28-23(27)22-19-7-10-24(18-8-13-29-14-9-18)11-12-25(19)21(26)15-20(22)30-16-17-5-3-2-4-6-17/h2-6,15,18H,7-14,16H2,1H3. The number of pyridine rings is 1. The third-order valence-electron chi connectivity index (χ3n) is 5.96. The summed E-state index contributed by atoms with van der Waals surface area (Å²) < 4.78 is 18.2. The van der Waals surface area contributed by atoms with Crippen molar-refractivity contribution in [3.8, 4) is 5.75 Å². The number of rotatable bonds is 5. The molecule has 1 aromatic carbocycles. The summed E-state index contributed by atoms with van der Waals surface area (Å²) in [5.41, 5.74) is 1.89. The first-order valence-corrected chi connectivity index (χ1v) is 10.5. The summed E-state index contributed by atoms with van der Waals surface area (Å²) in [6, 6.07) is 11.6. The van der Waals surface area contributed by atoms with E-state index in [2.05, 4.69) is 4.90 Å². The minimum atomic E-state index is -0.471. The SMILES string of the molecule is COC(=O)c1c(OCc2ccccc2)cc(=O)n2c1CCN(C1CCOCC1)CC2. The first-order valence-electron chi connectivity index (χ1n) is 10.5. The molecule has 0 N–H and O–H groups in total. The topological polar surface area (TPSA) is 70.0 Å². The summed E-state index contributed by atoms with van der Waals surface area (Å²) in [6.07, 6.45) is 2.60. The molecular weight excluding hydrogens is 384 g/mol. The van der Waals surface area contributed by atoms with Gasteiger partial charge in [-0.25, -0.2) is 4.79 Å². The number of esters is 1. The summed E-state index contributed by atoms with van der Waals surface area (Å²) >= 11 is 0. The normalized spacial score (nSPS) is 17.8. The molecule has 0 unspecified atom stereocenters. The molecule has 0 atom stereocenters. The number of fused-ring (bicyclic) bond motifs is 1. The molecule has 0 saturated carbocycles. The average Bonchev–Trinajstić information content (AvgIpc) is 3.02. The Morgan fingerprint density at radius 2 is 1.90 bits per heavy atom. The Morgan fingerprint density at radius 3 is 2.63 bits per heavy atom. The van der Waals surface area contributed by atoms with E-state index in [1.165, 1.54) is 13.2 Å². The van der Waals surface area contributed by atoms with Crippen LogP contribution in [0.4, 0.5) is 0 Å². The lowest BCUT2D eigenvalue weighted by atomic mass is 10.1. The minimum absolute atomic E-state index is 0.144. The zero-order chi connectivity index (χ0) is 20.9. The maximum atomic E-state index is 12.9. The van der Waals surface area contributed by atoms with Crippen LogP contribution in [-0.2, 0) is 29.0 Å². The van der Waals surface area contributed by atoms with Gasteiger partial charge < -0.3 is 18.8 Å². The smallest absolute Gasteiger partial charge is 0.343 e. The third-order valence-corrected chi connectivity index (χ3v) is 5.96. The minimum Gasteiger partial charge on any atom is -0.488 e. The second kappa shape index (κ2) is 9.45. The highest BCUT2D eigenvalue weighted by atomic mass is 16.5. The van der Waals surface area contributed by atoms with Crippen LogP contribution in [0, 0.1) is 0 Å². The van der Waals surface area contributed by atoms with Gasteiger partial charge in [-0.1, -0.05) is 30.3 Å². The van der Waals surface area contributed by atoms with Crippen molar-refractivity contribution in [3.63, 3.8) is 0 Å². The van der Waals surface area contributed by atoms with Crippen molar-refractivity contribution < 1.29 is 19.0 Å². The molecular formula is C23H28N2O5. The molecule has 3 heterocycles. The third kappa shape index (κ3) is 4.42. The largest absolute Gasteiger partial charge is 0.488 e. The Kier molecular flexibility index (Phi) is 6.50. The van der Waals surface area contributed by atoms with Crippen molar-refractivity contribution >= 4 is 5.97 Å². The van der Waals surface area contributed by atoms with Gasteiger partial charge in [-0.2, -0.15) is 0 Å². The van der Waals surface area contributed by atoms with Crippen molar-refractivity contribution in [3.05, 3.63) is 63.6 Å². The maximum absolute atomic E-state index is 12.9. The molecule has 30 heavy (non-hydrogen) atoms. The van der Waals surface area contributed by atoms with Gasteiger partial charge in [0.25, 0.3) is 5.56 Å². The summed E-state index contributed by atoms with van der Waals surface area (Å²) in [7, 11) is 1.36. The fourth-order valence-corrected chi connectivity index (χ4v) is 4.35. The molecule has 0 spiro atoms. The van der Waals surface area contributed by atoms with Gasteiger partial charge in [0, 0.05) is 57.1 Å². The van der Waals surface area contributed by atoms with Gasteiger partial charge in [0.1, 0.15) is 17.9 Å². The highest BCUT2D eigenvalue weighted by Crippen LogP contribution is 2.26. The molecule has 160 valence electrons. The number of ether oxygens (including phenoxy) is 3. The van der Waals surface area contributed by atoms with Crippen LogP contribution in [0.25, 0.3) is 0 Å². The van der Waals surface area contributed by atoms with Crippen LogP contribution < -0.4 is 10.3 Å². The average molecular weight is 412 g/mol. The number of nitrogens with zero attached hydrogens (tertiary/aromatic N) is 2. The zero-order valence-corrected chi connectivity index (χ0v) is 17.3. The molecule has 1 aromatic heterocycles. The van der Waals surface area contributed by atoms with Crippen molar-refractivity contribution in [2.75, 3.05) is 33.4 Å². The van der Waals surface area contributed by atoms with Gasteiger partial charge in [-0.3, -0.25) is 9.69 Å². The summed E-state index contributed by atoms with van der Waals surface area (Å²) in [6.45, 7) is 3.95. The van der Waals surface area contributed by atoms with E-state index < -0.39 is 5.97 Å². The number of carbonyl (C=O) groups is 1. The van der Waals surface area contributed by atoms with Crippen molar-refractivity contribution in [1.29, 1.82) is 0 Å². The van der Waals surface area contributed by atoms with Crippen LogP contribution in [0.15, 0.2) is 41.2 Å². The summed E-state index contributed by atoms with van der Waals surface area (Å²) in [5.74, 6) is -0.178. The van der Waals surface area contributed by atoms with Crippen LogP contribution in [0.2, 0.25) is 0 Å². The van der Waals surface area contributed by atoms with E-state index in [0.29, 0.717) is 36.0 Å².